The zero-order valence-electron chi connectivity index (χ0n) is 14.8. The van der Waals surface area contributed by atoms with Crippen LogP contribution in [-0.2, 0) is 6.42 Å². The highest BCUT2D eigenvalue weighted by Crippen LogP contribution is 2.23. The Morgan fingerprint density at radius 2 is 1.96 bits per heavy atom. The van der Waals surface area contributed by atoms with Crippen LogP contribution in [0.5, 0.6) is 0 Å². The van der Waals surface area contributed by atoms with Gasteiger partial charge in [0.05, 0.1) is 17.0 Å². The van der Waals surface area contributed by atoms with E-state index in [1.807, 2.05) is 68.6 Å². The molecule has 2 heterocycles. The van der Waals surface area contributed by atoms with E-state index in [2.05, 4.69) is 25.9 Å². The minimum absolute atomic E-state index is 0.0216. The molecular weight excluding hydrogens is 390 g/mol. The van der Waals surface area contributed by atoms with Gasteiger partial charge in [-0.3, -0.25) is 14.8 Å². The molecule has 0 saturated heterocycles. The number of hydrogen-bond donors (Lipinski definition) is 0. The number of halogens is 1. The molecular formula is C21H20BrN3O. The smallest absolute Gasteiger partial charge is 0.255 e. The van der Waals surface area contributed by atoms with Crippen molar-refractivity contribution in [3.8, 4) is 11.3 Å². The molecule has 132 valence electrons. The van der Waals surface area contributed by atoms with Crippen LogP contribution >= 0.6 is 15.9 Å². The third-order valence-electron chi connectivity index (χ3n) is 4.21. The molecule has 4 nitrogen and oxygen atoms in total. The summed E-state index contributed by atoms with van der Waals surface area (Å²) in [6.45, 7) is 2.49. The van der Waals surface area contributed by atoms with E-state index in [9.17, 15) is 4.79 Å². The molecule has 0 aliphatic carbocycles. The first-order chi connectivity index (χ1) is 12.5. The average molecular weight is 410 g/mol. The third kappa shape index (κ3) is 4.35. The summed E-state index contributed by atoms with van der Waals surface area (Å²) >= 11 is 3.48. The van der Waals surface area contributed by atoms with Crippen molar-refractivity contribution in [2.75, 3.05) is 13.6 Å². The molecule has 3 aromatic rings. The summed E-state index contributed by atoms with van der Waals surface area (Å²) in [5.74, 6) is -0.0216. The summed E-state index contributed by atoms with van der Waals surface area (Å²) in [7, 11) is 1.81. The van der Waals surface area contributed by atoms with E-state index < -0.39 is 0 Å². The number of benzene rings is 1. The lowest BCUT2D eigenvalue weighted by Crippen LogP contribution is -2.29. The highest BCUT2D eigenvalue weighted by Gasteiger charge is 2.16. The standard InChI is InChI=1S/C21H20BrN3O/c1-15-19(9-10-20(24-15)16-6-5-7-17(22)14-16)21(26)25(2)13-11-18-8-3-4-12-23-18/h3-10,12,14H,11,13H2,1-2H3. The van der Waals surface area contributed by atoms with Crippen LogP contribution in [0.2, 0.25) is 0 Å². The lowest BCUT2D eigenvalue weighted by atomic mass is 10.1. The van der Waals surface area contributed by atoms with Gasteiger partial charge in [0, 0.05) is 41.9 Å². The van der Waals surface area contributed by atoms with Crippen LogP contribution in [0.1, 0.15) is 21.7 Å². The first kappa shape index (κ1) is 18.3. The lowest BCUT2D eigenvalue weighted by Gasteiger charge is -2.18. The quantitative estimate of drug-likeness (QED) is 0.621. The number of hydrogen-bond acceptors (Lipinski definition) is 3. The summed E-state index contributed by atoms with van der Waals surface area (Å²) in [4.78, 5) is 23.4. The molecule has 2 aromatic heterocycles. The maximum absolute atomic E-state index is 12.7. The molecule has 26 heavy (non-hydrogen) atoms. The SMILES string of the molecule is Cc1nc(-c2cccc(Br)c2)ccc1C(=O)N(C)CCc1ccccn1. The van der Waals surface area contributed by atoms with Gasteiger partial charge in [-0.05, 0) is 43.3 Å². The van der Waals surface area contributed by atoms with Gasteiger partial charge in [-0.15, -0.1) is 0 Å². The zero-order valence-corrected chi connectivity index (χ0v) is 16.4. The fourth-order valence-corrected chi connectivity index (χ4v) is 3.13. The van der Waals surface area contributed by atoms with Gasteiger partial charge >= 0.3 is 0 Å². The average Bonchev–Trinajstić information content (AvgIpc) is 2.66. The van der Waals surface area contributed by atoms with Crippen LogP contribution in [-0.4, -0.2) is 34.4 Å². The Balaban J connectivity index is 1.73. The van der Waals surface area contributed by atoms with Crippen molar-refractivity contribution in [1.29, 1.82) is 0 Å². The number of rotatable bonds is 5. The van der Waals surface area contributed by atoms with Crippen molar-refractivity contribution in [2.24, 2.45) is 0 Å². The number of likely N-dealkylation sites (N-methyl/N-ethyl adjacent to an activating group) is 1. The number of carbonyl (C=O) groups is 1. The topological polar surface area (TPSA) is 46.1 Å². The molecule has 0 unspecified atom stereocenters. The molecule has 0 fully saturated rings. The van der Waals surface area contributed by atoms with E-state index in [0.717, 1.165) is 33.5 Å². The van der Waals surface area contributed by atoms with Gasteiger partial charge < -0.3 is 4.90 Å². The van der Waals surface area contributed by atoms with Crippen LogP contribution in [0.3, 0.4) is 0 Å². The van der Waals surface area contributed by atoms with Gasteiger partial charge in [-0.1, -0.05) is 34.1 Å². The second kappa shape index (κ2) is 8.23. The zero-order chi connectivity index (χ0) is 18.5. The maximum Gasteiger partial charge on any atom is 0.255 e. The van der Waals surface area contributed by atoms with Crippen molar-refractivity contribution in [1.82, 2.24) is 14.9 Å². The molecule has 0 saturated carbocycles. The molecule has 0 atom stereocenters. The molecule has 0 bridgehead atoms. The summed E-state index contributed by atoms with van der Waals surface area (Å²) < 4.78 is 1.00. The van der Waals surface area contributed by atoms with E-state index >= 15 is 0 Å². The Hall–Kier alpha value is -2.53. The molecule has 0 aliphatic heterocycles. The van der Waals surface area contributed by atoms with E-state index in [1.54, 1.807) is 11.1 Å². The third-order valence-corrected chi connectivity index (χ3v) is 4.71. The van der Waals surface area contributed by atoms with E-state index in [-0.39, 0.29) is 5.91 Å². The van der Waals surface area contributed by atoms with Crippen molar-refractivity contribution < 1.29 is 4.79 Å². The van der Waals surface area contributed by atoms with Crippen LogP contribution in [0.25, 0.3) is 11.3 Å². The highest BCUT2D eigenvalue weighted by molar-refractivity contribution is 9.10. The first-order valence-corrected chi connectivity index (χ1v) is 9.23. The van der Waals surface area contributed by atoms with Gasteiger partial charge in [0.1, 0.15) is 0 Å². The Labute approximate surface area is 162 Å². The Morgan fingerprint density at radius 1 is 1.12 bits per heavy atom. The van der Waals surface area contributed by atoms with Gasteiger partial charge in [-0.2, -0.15) is 0 Å². The maximum atomic E-state index is 12.7. The van der Waals surface area contributed by atoms with Gasteiger partial charge in [0.15, 0.2) is 0 Å². The van der Waals surface area contributed by atoms with Gasteiger partial charge in [0.25, 0.3) is 5.91 Å². The Bertz CT molecular complexity index is 912. The van der Waals surface area contributed by atoms with Crippen LogP contribution in [0.4, 0.5) is 0 Å². The predicted molar refractivity (Wildman–Crippen MR) is 107 cm³/mol. The molecule has 0 aliphatic rings. The molecule has 5 heteroatoms. The number of nitrogens with zero attached hydrogens (tertiary/aromatic N) is 3. The number of amides is 1. The molecule has 1 amide bonds. The van der Waals surface area contributed by atoms with Gasteiger partial charge in [0.2, 0.25) is 0 Å². The Morgan fingerprint density at radius 3 is 2.65 bits per heavy atom. The van der Waals surface area contributed by atoms with E-state index in [4.69, 9.17) is 0 Å². The summed E-state index contributed by atoms with van der Waals surface area (Å²) in [5, 5.41) is 0. The number of aromatic nitrogens is 2. The minimum Gasteiger partial charge on any atom is -0.341 e. The highest BCUT2D eigenvalue weighted by atomic mass is 79.9. The summed E-state index contributed by atoms with van der Waals surface area (Å²) in [6.07, 6.45) is 2.50. The number of pyridine rings is 2. The van der Waals surface area contributed by atoms with Crippen LogP contribution in [0, 0.1) is 6.92 Å². The van der Waals surface area contributed by atoms with Crippen molar-refractivity contribution in [3.63, 3.8) is 0 Å². The van der Waals surface area contributed by atoms with Gasteiger partial charge in [-0.25, -0.2) is 0 Å². The normalized spacial score (nSPS) is 10.6. The van der Waals surface area contributed by atoms with Crippen molar-refractivity contribution >= 4 is 21.8 Å². The summed E-state index contributed by atoms with van der Waals surface area (Å²) in [5.41, 5.74) is 4.22. The minimum atomic E-state index is -0.0216. The number of carbonyl (C=O) groups excluding carboxylic acids is 1. The van der Waals surface area contributed by atoms with Crippen molar-refractivity contribution in [2.45, 2.75) is 13.3 Å². The first-order valence-electron chi connectivity index (χ1n) is 8.43. The van der Waals surface area contributed by atoms with Crippen LogP contribution < -0.4 is 0 Å². The molecule has 0 spiro atoms. The predicted octanol–water partition coefficient (Wildman–Crippen LogP) is 4.53. The fourth-order valence-electron chi connectivity index (χ4n) is 2.73. The molecule has 0 N–H and O–H groups in total. The second-order valence-corrected chi connectivity index (χ2v) is 7.05. The molecule has 0 radical (unpaired) electrons. The Kier molecular flexibility index (Phi) is 5.78. The monoisotopic (exact) mass is 409 g/mol. The van der Waals surface area contributed by atoms with E-state index in [1.165, 1.54) is 0 Å². The molecule has 1 aromatic carbocycles. The van der Waals surface area contributed by atoms with Crippen molar-refractivity contribution in [3.05, 3.63) is 82.2 Å². The van der Waals surface area contributed by atoms with Crippen LogP contribution in [0.15, 0.2) is 65.3 Å². The number of aryl methyl sites for hydroxylation is 1. The van der Waals surface area contributed by atoms with E-state index in [0.29, 0.717) is 12.1 Å². The lowest BCUT2D eigenvalue weighted by molar-refractivity contribution is 0.0795. The second-order valence-electron chi connectivity index (χ2n) is 6.14. The fraction of sp³-hybridized carbons (Fsp3) is 0.190. The molecule has 3 rings (SSSR count). The summed E-state index contributed by atoms with van der Waals surface area (Å²) in [6, 6.07) is 17.5. The largest absolute Gasteiger partial charge is 0.341 e.